The molecular formula is C23H23NOS. The van der Waals surface area contributed by atoms with E-state index in [1.54, 1.807) is 11.3 Å². The number of hydrogen-bond acceptors (Lipinski definition) is 2. The van der Waals surface area contributed by atoms with E-state index in [0.29, 0.717) is 0 Å². The molecule has 0 spiro atoms. The normalized spacial score (nSPS) is 16.4. The average molecular weight is 362 g/mol. The zero-order valence-electron chi connectivity index (χ0n) is 15.2. The van der Waals surface area contributed by atoms with E-state index in [1.807, 2.05) is 17.0 Å². The second-order valence-electron chi connectivity index (χ2n) is 6.91. The molecular weight excluding hydrogens is 338 g/mol. The van der Waals surface area contributed by atoms with Crippen LogP contribution in [0, 0.1) is 6.92 Å². The van der Waals surface area contributed by atoms with Crippen molar-refractivity contribution in [3.05, 3.63) is 92.7 Å². The van der Waals surface area contributed by atoms with Gasteiger partial charge in [-0.3, -0.25) is 4.79 Å². The molecule has 0 fully saturated rings. The highest BCUT2D eigenvalue weighted by Gasteiger charge is 2.33. The van der Waals surface area contributed by atoms with Crippen molar-refractivity contribution in [2.75, 3.05) is 6.54 Å². The number of carbonyl (C=O) groups excluding carboxylic acids is 1. The van der Waals surface area contributed by atoms with Gasteiger partial charge in [0.2, 0.25) is 0 Å². The van der Waals surface area contributed by atoms with Crippen molar-refractivity contribution in [2.24, 2.45) is 0 Å². The largest absolute Gasteiger partial charge is 0.327 e. The Labute approximate surface area is 159 Å². The van der Waals surface area contributed by atoms with Crippen molar-refractivity contribution in [1.82, 2.24) is 4.90 Å². The Kier molecular flexibility index (Phi) is 4.64. The molecule has 132 valence electrons. The highest BCUT2D eigenvalue weighted by atomic mass is 32.1. The van der Waals surface area contributed by atoms with Crippen LogP contribution in [-0.2, 0) is 12.8 Å². The minimum absolute atomic E-state index is 0.00366. The van der Waals surface area contributed by atoms with Crippen molar-refractivity contribution < 1.29 is 4.79 Å². The van der Waals surface area contributed by atoms with Crippen LogP contribution in [0.2, 0.25) is 0 Å². The number of carbonyl (C=O) groups is 1. The van der Waals surface area contributed by atoms with Crippen LogP contribution in [0.1, 0.15) is 50.5 Å². The van der Waals surface area contributed by atoms with Gasteiger partial charge in [0, 0.05) is 17.0 Å². The number of hydrogen-bond donors (Lipinski definition) is 0. The van der Waals surface area contributed by atoms with Crippen molar-refractivity contribution in [3.63, 3.8) is 0 Å². The first kappa shape index (κ1) is 17.0. The Morgan fingerprint density at radius 3 is 2.50 bits per heavy atom. The SMILES string of the molecule is CCc1ccc(C(=O)N2CCc3sccc3C2c2ccc(C)cc2)cc1. The maximum absolute atomic E-state index is 13.3. The standard InChI is InChI=1S/C23H23NOS/c1-3-17-6-10-19(11-7-17)23(25)24-14-12-21-20(13-15-26-21)22(24)18-8-4-16(2)5-9-18/h4-11,13,15,22H,3,12,14H2,1-2H3. The third-order valence-electron chi connectivity index (χ3n) is 5.23. The van der Waals surface area contributed by atoms with Gasteiger partial charge in [-0.25, -0.2) is 0 Å². The molecule has 0 saturated heterocycles. The summed E-state index contributed by atoms with van der Waals surface area (Å²) in [6.45, 7) is 4.99. The van der Waals surface area contributed by atoms with Gasteiger partial charge in [0.1, 0.15) is 0 Å². The molecule has 0 aliphatic carbocycles. The summed E-state index contributed by atoms with van der Waals surface area (Å²) in [7, 11) is 0. The smallest absolute Gasteiger partial charge is 0.254 e. The van der Waals surface area contributed by atoms with Gasteiger partial charge in [-0.1, -0.05) is 48.9 Å². The molecule has 2 nitrogen and oxygen atoms in total. The fourth-order valence-corrected chi connectivity index (χ4v) is 4.60. The van der Waals surface area contributed by atoms with E-state index in [4.69, 9.17) is 0 Å². The highest BCUT2D eigenvalue weighted by Crippen LogP contribution is 2.38. The van der Waals surface area contributed by atoms with Crippen LogP contribution in [-0.4, -0.2) is 17.4 Å². The molecule has 1 aliphatic rings. The highest BCUT2D eigenvalue weighted by molar-refractivity contribution is 7.10. The third kappa shape index (κ3) is 3.08. The lowest BCUT2D eigenvalue weighted by Gasteiger charge is -2.36. The predicted octanol–water partition coefficient (Wildman–Crippen LogP) is 5.41. The van der Waals surface area contributed by atoms with Crippen LogP contribution in [0.15, 0.2) is 60.0 Å². The summed E-state index contributed by atoms with van der Waals surface area (Å²) in [5.74, 6) is 0.120. The van der Waals surface area contributed by atoms with Crippen LogP contribution in [0.25, 0.3) is 0 Å². The summed E-state index contributed by atoms with van der Waals surface area (Å²) < 4.78 is 0. The Bertz CT molecular complexity index is 908. The maximum Gasteiger partial charge on any atom is 0.254 e. The van der Waals surface area contributed by atoms with Gasteiger partial charge in [-0.2, -0.15) is 0 Å². The predicted molar refractivity (Wildman–Crippen MR) is 108 cm³/mol. The third-order valence-corrected chi connectivity index (χ3v) is 6.23. The van der Waals surface area contributed by atoms with Crippen molar-refractivity contribution in [3.8, 4) is 0 Å². The summed E-state index contributed by atoms with van der Waals surface area (Å²) in [5, 5.41) is 2.15. The van der Waals surface area contributed by atoms with Gasteiger partial charge in [0.05, 0.1) is 6.04 Å². The van der Waals surface area contributed by atoms with Crippen LogP contribution < -0.4 is 0 Å². The van der Waals surface area contributed by atoms with Gasteiger partial charge >= 0.3 is 0 Å². The molecule has 3 aromatic rings. The quantitative estimate of drug-likeness (QED) is 0.611. The van der Waals surface area contributed by atoms with E-state index in [1.165, 1.54) is 27.1 Å². The number of thiophene rings is 1. The van der Waals surface area contributed by atoms with Crippen molar-refractivity contribution in [1.29, 1.82) is 0 Å². The molecule has 1 aliphatic heterocycles. The number of aryl methyl sites for hydroxylation is 2. The van der Waals surface area contributed by atoms with Gasteiger partial charge in [0.25, 0.3) is 5.91 Å². The number of rotatable bonds is 3. The summed E-state index contributed by atoms with van der Waals surface area (Å²) in [4.78, 5) is 16.8. The summed E-state index contributed by atoms with van der Waals surface area (Å²) in [5.41, 5.74) is 5.74. The van der Waals surface area contributed by atoms with E-state index in [0.717, 1.165) is 24.9 Å². The average Bonchev–Trinajstić information content (AvgIpc) is 3.16. The second-order valence-corrected chi connectivity index (χ2v) is 7.91. The Morgan fingerprint density at radius 2 is 1.81 bits per heavy atom. The van der Waals surface area contributed by atoms with E-state index >= 15 is 0 Å². The fraction of sp³-hybridized carbons (Fsp3) is 0.261. The fourth-order valence-electron chi connectivity index (χ4n) is 3.69. The first-order valence-corrected chi connectivity index (χ1v) is 10.1. The Morgan fingerprint density at radius 1 is 1.08 bits per heavy atom. The number of nitrogens with zero attached hydrogens (tertiary/aromatic N) is 1. The molecule has 0 N–H and O–H groups in total. The molecule has 0 bridgehead atoms. The van der Waals surface area contributed by atoms with E-state index in [2.05, 4.69) is 61.7 Å². The van der Waals surface area contributed by atoms with Gasteiger partial charge < -0.3 is 4.90 Å². The Hall–Kier alpha value is -2.39. The molecule has 1 amide bonds. The molecule has 2 heterocycles. The molecule has 1 atom stereocenters. The first-order chi connectivity index (χ1) is 12.7. The second kappa shape index (κ2) is 7.08. The van der Waals surface area contributed by atoms with E-state index < -0.39 is 0 Å². The molecule has 26 heavy (non-hydrogen) atoms. The van der Waals surface area contributed by atoms with Gasteiger partial charge in [0.15, 0.2) is 0 Å². The summed E-state index contributed by atoms with van der Waals surface area (Å²) >= 11 is 1.80. The Balaban J connectivity index is 1.73. The summed E-state index contributed by atoms with van der Waals surface area (Å²) in [6, 6.07) is 18.8. The van der Waals surface area contributed by atoms with Gasteiger partial charge in [-0.05, 0) is 60.0 Å². The molecule has 0 saturated carbocycles. The molecule has 2 aromatic carbocycles. The van der Waals surface area contributed by atoms with Crippen LogP contribution in [0.5, 0.6) is 0 Å². The van der Waals surface area contributed by atoms with Crippen LogP contribution in [0.4, 0.5) is 0 Å². The molecule has 1 aromatic heterocycles. The van der Waals surface area contributed by atoms with Crippen molar-refractivity contribution >= 4 is 17.2 Å². The summed E-state index contributed by atoms with van der Waals surface area (Å²) in [6.07, 6.45) is 1.93. The molecule has 3 heteroatoms. The topological polar surface area (TPSA) is 20.3 Å². The monoisotopic (exact) mass is 361 g/mol. The van der Waals surface area contributed by atoms with Crippen molar-refractivity contribution in [2.45, 2.75) is 32.7 Å². The first-order valence-electron chi connectivity index (χ1n) is 9.20. The van der Waals surface area contributed by atoms with Gasteiger partial charge in [-0.15, -0.1) is 11.3 Å². The lowest BCUT2D eigenvalue weighted by Crippen LogP contribution is -2.40. The molecule has 1 unspecified atom stereocenters. The lowest BCUT2D eigenvalue weighted by molar-refractivity contribution is 0.0696. The van der Waals surface area contributed by atoms with Crippen LogP contribution >= 0.6 is 11.3 Å². The number of fused-ring (bicyclic) bond motifs is 1. The molecule has 0 radical (unpaired) electrons. The zero-order chi connectivity index (χ0) is 18.1. The molecule has 4 rings (SSSR count). The maximum atomic E-state index is 13.3. The zero-order valence-corrected chi connectivity index (χ0v) is 16.1. The minimum Gasteiger partial charge on any atom is -0.327 e. The number of amides is 1. The lowest BCUT2D eigenvalue weighted by atomic mass is 9.92. The van der Waals surface area contributed by atoms with E-state index in [-0.39, 0.29) is 11.9 Å². The van der Waals surface area contributed by atoms with E-state index in [9.17, 15) is 4.79 Å². The minimum atomic E-state index is 0.00366. The number of benzene rings is 2. The van der Waals surface area contributed by atoms with Crippen LogP contribution in [0.3, 0.4) is 0 Å².